The molecule has 2 rings (SSSR count). The van der Waals surface area contributed by atoms with E-state index in [0.29, 0.717) is 5.56 Å². The lowest BCUT2D eigenvalue weighted by molar-refractivity contribution is 0.467. The second kappa shape index (κ2) is 5.24. The van der Waals surface area contributed by atoms with Crippen molar-refractivity contribution in [3.05, 3.63) is 60.2 Å². The van der Waals surface area contributed by atoms with Crippen LogP contribution in [0, 0.1) is 0 Å². The van der Waals surface area contributed by atoms with E-state index in [0.717, 1.165) is 5.56 Å². The van der Waals surface area contributed by atoms with Crippen molar-refractivity contribution in [1.29, 1.82) is 0 Å². The molecule has 18 heavy (non-hydrogen) atoms. The zero-order valence-corrected chi connectivity index (χ0v) is 10.3. The molecule has 0 aliphatic rings. The maximum absolute atomic E-state index is 11.4. The summed E-state index contributed by atoms with van der Waals surface area (Å²) in [5.74, 6) is 0. The van der Waals surface area contributed by atoms with Crippen molar-refractivity contribution in [2.75, 3.05) is 0 Å². The molecule has 0 amide bonds. The number of benzene rings is 1. The molecule has 94 valence electrons. The number of nitrogens with zero attached hydrogens (tertiary/aromatic N) is 2. The van der Waals surface area contributed by atoms with Crippen molar-refractivity contribution < 1.29 is 13.0 Å². The predicted molar refractivity (Wildman–Crippen MR) is 66.5 cm³/mol. The van der Waals surface area contributed by atoms with Crippen molar-refractivity contribution in [3.63, 3.8) is 0 Å². The van der Waals surface area contributed by atoms with Crippen LogP contribution in [0.3, 0.4) is 0 Å². The van der Waals surface area contributed by atoms with Gasteiger partial charge in [-0.05, 0) is 12.0 Å². The highest BCUT2D eigenvalue weighted by Gasteiger charge is 2.25. The molecule has 1 unspecified atom stereocenters. The first-order chi connectivity index (χ1) is 8.57. The lowest BCUT2D eigenvalue weighted by atomic mass is 10.1. The van der Waals surface area contributed by atoms with E-state index in [9.17, 15) is 13.0 Å². The summed E-state index contributed by atoms with van der Waals surface area (Å²) in [6, 6.07) is 9.09. The summed E-state index contributed by atoms with van der Waals surface area (Å²) in [5, 5.41) is -1.04. The van der Waals surface area contributed by atoms with Gasteiger partial charge in [0, 0.05) is 18.0 Å². The van der Waals surface area contributed by atoms with Gasteiger partial charge in [0.15, 0.2) is 0 Å². The molecule has 0 saturated carbocycles. The van der Waals surface area contributed by atoms with E-state index in [1.165, 1.54) is 18.7 Å². The van der Waals surface area contributed by atoms with Crippen LogP contribution in [0.4, 0.5) is 0 Å². The Labute approximate surface area is 105 Å². The number of aromatic nitrogens is 2. The molecule has 1 aromatic carbocycles. The van der Waals surface area contributed by atoms with E-state index in [1.807, 2.05) is 30.3 Å². The smallest absolute Gasteiger partial charge is 0.272 e. The summed E-state index contributed by atoms with van der Waals surface area (Å²) >= 11 is 0. The molecule has 0 saturated heterocycles. The molecule has 5 nitrogen and oxygen atoms in total. The van der Waals surface area contributed by atoms with E-state index in [1.54, 1.807) is 0 Å². The quantitative estimate of drug-likeness (QED) is 0.849. The van der Waals surface area contributed by atoms with Crippen LogP contribution < -0.4 is 0 Å². The second-order valence-corrected chi connectivity index (χ2v) is 5.46. The van der Waals surface area contributed by atoms with Gasteiger partial charge in [-0.15, -0.1) is 0 Å². The Morgan fingerprint density at radius 1 is 1.11 bits per heavy atom. The first-order valence-electron chi connectivity index (χ1n) is 5.32. The molecule has 0 spiro atoms. The molecule has 1 heterocycles. The Hall–Kier alpha value is -1.79. The van der Waals surface area contributed by atoms with Gasteiger partial charge in [0.05, 0.1) is 0 Å². The summed E-state index contributed by atoms with van der Waals surface area (Å²) in [6.07, 6.45) is 4.29. The summed E-state index contributed by atoms with van der Waals surface area (Å²) in [7, 11) is -4.20. The van der Waals surface area contributed by atoms with E-state index in [-0.39, 0.29) is 6.42 Å². The summed E-state index contributed by atoms with van der Waals surface area (Å²) < 4.78 is 32.2. The average molecular weight is 264 g/mol. The monoisotopic (exact) mass is 264 g/mol. The minimum atomic E-state index is -4.20. The van der Waals surface area contributed by atoms with Crippen molar-refractivity contribution >= 4 is 10.1 Å². The fraction of sp³-hybridized carbons (Fsp3) is 0.167. The van der Waals surface area contributed by atoms with E-state index in [4.69, 9.17) is 0 Å². The maximum Gasteiger partial charge on any atom is 0.272 e. The van der Waals surface area contributed by atoms with E-state index < -0.39 is 15.4 Å². The largest absolute Gasteiger partial charge is 0.285 e. The molecule has 0 bridgehead atoms. The minimum absolute atomic E-state index is 0.188. The lowest BCUT2D eigenvalue weighted by Gasteiger charge is -2.13. The topological polar surface area (TPSA) is 80.2 Å². The third-order valence-electron chi connectivity index (χ3n) is 2.58. The molecule has 1 N–H and O–H groups in total. The van der Waals surface area contributed by atoms with Crippen molar-refractivity contribution in [2.45, 2.75) is 11.7 Å². The van der Waals surface area contributed by atoms with Crippen molar-refractivity contribution in [1.82, 2.24) is 9.97 Å². The molecule has 2 aromatic rings. The summed E-state index contributed by atoms with van der Waals surface area (Å²) in [4.78, 5) is 7.55. The Kier molecular flexibility index (Phi) is 3.69. The zero-order chi connectivity index (χ0) is 13.0. The second-order valence-electron chi connectivity index (χ2n) is 3.87. The van der Waals surface area contributed by atoms with Crippen LogP contribution in [0.25, 0.3) is 0 Å². The van der Waals surface area contributed by atoms with Gasteiger partial charge in [0.2, 0.25) is 0 Å². The van der Waals surface area contributed by atoms with E-state index >= 15 is 0 Å². The molecular formula is C12H12N2O3S. The van der Waals surface area contributed by atoms with Gasteiger partial charge in [-0.3, -0.25) is 4.55 Å². The van der Waals surface area contributed by atoms with Gasteiger partial charge in [-0.1, -0.05) is 30.3 Å². The van der Waals surface area contributed by atoms with Crippen LogP contribution in [0.5, 0.6) is 0 Å². The van der Waals surface area contributed by atoms with Gasteiger partial charge in [-0.2, -0.15) is 8.42 Å². The Morgan fingerprint density at radius 3 is 2.28 bits per heavy atom. The van der Waals surface area contributed by atoms with Crippen LogP contribution in [0.15, 0.2) is 49.1 Å². The molecule has 1 aromatic heterocycles. The van der Waals surface area contributed by atoms with Gasteiger partial charge < -0.3 is 0 Å². The predicted octanol–water partition coefficient (Wildman–Crippen LogP) is 1.65. The Bertz CT molecular complexity index is 600. The molecule has 0 aliphatic carbocycles. The fourth-order valence-electron chi connectivity index (χ4n) is 1.70. The van der Waals surface area contributed by atoms with Gasteiger partial charge in [-0.25, -0.2) is 9.97 Å². The third-order valence-corrected chi connectivity index (χ3v) is 3.73. The van der Waals surface area contributed by atoms with Crippen LogP contribution in [-0.4, -0.2) is 22.9 Å². The number of hydrogen-bond donors (Lipinski definition) is 1. The van der Waals surface area contributed by atoms with E-state index in [2.05, 4.69) is 9.97 Å². The molecule has 0 aliphatic heterocycles. The van der Waals surface area contributed by atoms with Crippen molar-refractivity contribution in [3.8, 4) is 0 Å². The molecular weight excluding hydrogens is 252 g/mol. The van der Waals surface area contributed by atoms with Crippen LogP contribution in [0.1, 0.15) is 16.4 Å². The lowest BCUT2D eigenvalue weighted by Crippen LogP contribution is -2.15. The van der Waals surface area contributed by atoms with Crippen LogP contribution in [0.2, 0.25) is 0 Å². The fourth-order valence-corrected chi connectivity index (χ4v) is 2.57. The SMILES string of the molecule is O=S(=O)(O)C(Cc1ccccc1)c1cncnc1. The zero-order valence-electron chi connectivity index (χ0n) is 9.47. The maximum atomic E-state index is 11.4. The number of rotatable bonds is 4. The standard InChI is InChI=1S/C12H12N2O3S/c15-18(16,17)12(11-7-13-9-14-8-11)6-10-4-2-1-3-5-10/h1-5,7-9,12H,6H2,(H,15,16,17). The Morgan fingerprint density at radius 2 is 1.72 bits per heavy atom. The van der Waals surface area contributed by atoms with Gasteiger partial charge in [0.1, 0.15) is 11.6 Å². The summed E-state index contributed by atoms with van der Waals surface area (Å²) in [5.41, 5.74) is 1.20. The highest BCUT2D eigenvalue weighted by Crippen LogP contribution is 2.24. The summed E-state index contributed by atoms with van der Waals surface area (Å²) in [6.45, 7) is 0. The average Bonchev–Trinajstić information content (AvgIpc) is 2.37. The minimum Gasteiger partial charge on any atom is -0.285 e. The molecule has 0 radical (unpaired) electrons. The highest BCUT2D eigenvalue weighted by molar-refractivity contribution is 7.86. The number of hydrogen-bond acceptors (Lipinski definition) is 4. The Balaban J connectivity index is 2.34. The van der Waals surface area contributed by atoms with Gasteiger partial charge >= 0.3 is 0 Å². The third kappa shape index (κ3) is 3.12. The molecule has 0 fully saturated rings. The first kappa shape index (κ1) is 12.7. The first-order valence-corrected chi connectivity index (χ1v) is 6.83. The molecule has 6 heteroatoms. The highest BCUT2D eigenvalue weighted by atomic mass is 32.2. The van der Waals surface area contributed by atoms with Crippen LogP contribution >= 0.6 is 0 Å². The normalized spacial score (nSPS) is 13.2. The molecule has 1 atom stereocenters. The van der Waals surface area contributed by atoms with Crippen LogP contribution in [-0.2, 0) is 16.5 Å². The van der Waals surface area contributed by atoms with Crippen molar-refractivity contribution in [2.24, 2.45) is 0 Å². The van der Waals surface area contributed by atoms with Gasteiger partial charge in [0.25, 0.3) is 10.1 Å².